The maximum absolute atomic E-state index is 3.98. The molecule has 38 heavy (non-hydrogen) atoms. The van der Waals surface area contributed by atoms with Crippen molar-refractivity contribution in [3.63, 3.8) is 0 Å². The number of piperidine rings is 1. The Bertz CT molecular complexity index is 519. The molecule has 0 amide bonds. The zero-order chi connectivity index (χ0) is 27.3. The quantitative estimate of drug-likeness (QED) is 0.118. The Balaban J connectivity index is 1.61. The second-order valence-electron chi connectivity index (χ2n) is 13.6. The summed E-state index contributed by atoms with van der Waals surface area (Å²) in [5, 5.41) is 3.98. The van der Waals surface area contributed by atoms with Gasteiger partial charge in [-0.2, -0.15) is 0 Å². The lowest BCUT2D eigenvalue weighted by Gasteiger charge is -2.54. The Morgan fingerprint density at radius 3 is 1.68 bits per heavy atom. The SMILES string of the molecule is CCCCCCCC(CCCC)CN1CCC2(CC1)CN(CCNC(CCCCC)CCCCCCC)C2. The van der Waals surface area contributed by atoms with E-state index in [1.807, 2.05) is 0 Å². The molecule has 3 heteroatoms. The van der Waals surface area contributed by atoms with E-state index in [1.165, 1.54) is 181 Å². The summed E-state index contributed by atoms with van der Waals surface area (Å²) < 4.78 is 0. The molecule has 1 N–H and O–H groups in total. The van der Waals surface area contributed by atoms with Gasteiger partial charge in [0.15, 0.2) is 0 Å². The Morgan fingerprint density at radius 2 is 1.08 bits per heavy atom. The Morgan fingerprint density at radius 1 is 0.579 bits per heavy atom. The van der Waals surface area contributed by atoms with Gasteiger partial charge in [-0.3, -0.25) is 0 Å². The Kier molecular flexibility index (Phi) is 19.4. The molecular weight excluding hydrogens is 462 g/mol. The third-order valence-corrected chi connectivity index (χ3v) is 9.91. The maximum atomic E-state index is 3.98. The van der Waals surface area contributed by atoms with E-state index in [2.05, 4.69) is 42.8 Å². The highest BCUT2D eigenvalue weighted by molar-refractivity contribution is 4.98. The lowest BCUT2D eigenvalue weighted by atomic mass is 9.72. The summed E-state index contributed by atoms with van der Waals surface area (Å²) in [6.07, 6.45) is 29.8. The molecule has 0 aromatic carbocycles. The molecule has 2 rings (SSSR count). The first kappa shape index (κ1) is 34.1. The standard InChI is InChI=1S/C35H71N3/c1-5-9-13-15-18-21-33(20-12-8-4)30-37-27-24-35(25-28-37)31-38(32-35)29-26-36-34(22-17-11-7-3)23-19-16-14-10-6-2/h33-34,36H,5-32H2,1-4H3. The average Bonchev–Trinajstić information content (AvgIpc) is 2.91. The van der Waals surface area contributed by atoms with E-state index in [9.17, 15) is 0 Å². The van der Waals surface area contributed by atoms with E-state index in [4.69, 9.17) is 0 Å². The van der Waals surface area contributed by atoms with Crippen molar-refractivity contribution >= 4 is 0 Å². The number of nitrogens with one attached hydrogen (secondary N) is 1. The number of hydrogen-bond acceptors (Lipinski definition) is 3. The molecule has 2 fully saturated rings. The van der Waals surface area contributed by atoms with Crippen LogP contribution in [0.4, 0.5) is 0 Å². The molecule has 0 aliphatic carbocycles. The van der Waals surface area contributed by atoms with Crippen molar-refractivity contribution < 1.29 is 0 Å². The molecule has 2 saturated heterocycles. The third kappa shape index (κ3) is 14.5. The van der Waals surface area contributed by atoms with Gasteiger partial charge in [0.2, 0.25) is 0 Å². The summed E-state index contributed by atoms with van der Waals surface area (Å²) in [5.74, 6) is 0.950. The molecule has 2 aliphatic rings. The van der Waals surface area contributed by atoms with Crippen LogP contribution in [0.1, 0.15) is 163 Å². The van der Waals surface area contributed by atoms with Crippen LogP contribution in [-0.2, 0) is 0 Å². The lowest BCUT2D eigenvalue weighted by molar-refractivity contribution is -0.0481. The van der Waals surface area contributed by atoms with Gasteiger partial charge in [0.1, 0.15) is 0 Å². The van der Waals surface area contributed by atoms with E-state index in [1.54, 1.807) is 0 Å². The highest BCUT2D eigenvalue weighted by atomic mass is 15.2. The summed E-state index contributed by atoms with van der Waals surface area (Å²) in [7, 11) is 0. The minimum atomic E-state index is 0.662. The second-order valence-corrected chi connectivity index (χ2v) is 13.6. The molecule has 0 bridgehead atoms. The van der Waals surface area contributed by atoms with Crippen molar-refractivity contribution in [1.82, 2.24) is 15.1 Å². The van der Waals surface area contributed by atoms with Crippen LogP contribution in [0.25, 0.3) is 0 Å². The van der Waals surface area contributed by atoms with Gasteiger partial charge >= 0.3 is 0 Å². The van der Waals surface area contributed by atoms with Crippen LogP contribution in [0, 0.1) is 11.3 Å². The molecule has 3 nitrogen and oxygen atoms in total. The summed E-state index contributed by atoms with van der Waals surface area (Å²) in [6, 6.07) is 0.758. The zero-order valence-electron chi connectivity index (χ0n) is 26.8. The highest BCUT2D eigenvalue weighted by Gasteiger charge is 2.44. The first-order valence-corrected chi connectivity index (χ1v) is 17.8. The molecule has 226 valence electrons. The summed E-state index contributed by atoms with van der Waals surface area (Å²) >= 11 is 0. The maximum Gasteiger partial charge on any atom is 0.0107 e. The van der Waals surface area contributed by atoms with Gasteiger partial charge in [0, 0.05) is 38.8 Å². The van der Waals surface area contributed by atoms with Gasteiger partial charge in [0.25, 0.3) is 0 Å². The molecule has 0 aromatic rings. The van der Waals surface area contributed by atoms with Gasteiger partial charge in [0.05, 0.1) is 0 Å². The third-order valence-electron chi connectivity index (χ3n) is 9.91. The minimum Gasteiger partial charge on any atom is -0.313 e. The fraction of sp³-hybridized carbons (Fsp3) is 1.00. The molecule has 0 radical (unpaired) electrons. The van der Waals surface area contributed by atoms with E-state index in [-0.39, 0.29) is 0 Å². The molecule has 2 atom stereocenters. The fourth-order valence-electron chi connectivity index (χ4n) is 7.22. The van der Waals surface area contributed by atoms with E-state index < -0.39 is 0 Å². The van der Waals surface area contributed by atoms with Crippen molar-refractivity contribution in [2.24, 2.45) is 11.3 Å². The first-order chi connectivity index (χ1) is 18.6. The van der Waals surface area contributed by atoms with Gasteiger partial charge in [-0.1, -0.05) is 124 Å². The Hall–Kier alpha value is -0.120. The van der Waals surface area contributed by atoms with E-state index >= 15 is 0 Å². The van der Waals surface area contributed by atoms with E-state index in [0.717, 1.165) is 12.0 Å². The molecule has 0 saturated carbocycles. The second kappa shape index (κ2) is 21.6. The van der Waals surface area contributed by atoms with E-state index in [0.29, 0.717) is 5.41 Å². The number of likely N-dealkylation sites (tertiary alicyclic amines) is 2. The number of nitrogens with zero attached hydrogens (tertiary/aromatic N) is 2. The van der Waals surface area contributed by atoms with Crippen molar-refractivity contribution in [1.29, 1.82) is 0 Å². The van der Waals surface area contributed by atoms with Crippen LogP contribution in [0.5, 0.6) is 0 Å². The van der Waals surface area contributed by atoms with Gasteiger partial charge in [-0.15, -0.1) is 0 Å². The van der Waals surface area contributed by atoms with Gasteiger partial charge in [-0.25, -0.2) is 0 Å². The molecule has 2 heterocycles. The molecule has 2 aliphatic heterocycles. The fourth-order valence-corrected chi connectivity index (χ4v) is 7.22. The van der Waals surface area contributed by atoms with Crippen LogP contribution in [-0.4, -0.2) is 61.7 Å². The summed E-state index contributed by atoms with van der Waals surface area (Å²) in [6.45, 7) is 18.7. The predicted molar refractivity (Wildman–Crippen MR) is 170 cm³/mol. The van der Waals surface area contributed by atoms with Crippen LogP contribution >= 0.6 is 0 Å². The topological polar surface area (TPSA) is 18.5 Å². The molecule has 0 aromatic heterocycles. The highest BCUT2D eigenvalue weighted by Crippen LogP contribution is 2.40. The van der Waals surface area contributed by atoms with Crippen molar-refractivity contribution in [2.75, 3.05) is 45.8 Å². The van der Waals surface area contributed by atoms with Gasteiger partial charge < -0.3 is 15.1 Å². The van der Waals surface area contributed by atoms with Crippen molar-refractivity contribution in [2.45, 2.75) is 169 Å². The molecule has 2 unspecified atom stereocenters. The number of hydrogen-bond donors (Lipinski definition) is 1. The van der Waals surface area contributed by atoms with Gasteiger partial charge in [-0.05, 0) is 62.9 Å². The normalized spacial score (nSPS) is 19.6. The lowest BCUT2D eigenvalue weighted by Crippen LogP contribution is -2.61. The predicted octanol–water partition coefficient (Wildman–Crippen LogP) is 9.45. The first-order valence-electron chi connectivity index (χ1n) is 17.8. The summed E-state index contributed by atoms with van der Waals surface area (Å²) in [4.78, 5) is 5.61. The largest absolute Gasteiger partial charge is 0.313 e. The Labute approximate surface area is 240 Å². The zero-order valence-corrected chi connectivity index (χ0v) is 26.8. The van der Waals surface area contributed by atoms with Crippen LogP contribution in [0.2, 0.25) is 0 Å². The average molecular weight is 534 g/mol. The molecule has 1 spiro atoms. The smallest absolute Gasteiger partial charge is 0.0107 e. The molecular formula is C35H71N3. The van der Waals surface area contributed by atoms with Crippen LogP contribution in [0.15, 0.2) is 0 Å². The van der Waals surface area contributed by atoms with Crippen molar-refractivity contribution in [3.8, 4) is 0 Å². The monoisotopic (exact) mass is 534 g/mol. The number of rotatable bonds is 25. The summed E-state index contributed by atoms with van der Waals surface area (Å²) in [5.41, 5.74) is 0.662. The van der Waals surface area contributed by atoms with Crippen LogP contribution < -0.4 is 5.32 Å². The number of unbranched alkanes of at least 4 members (excludes halogenated alkanes) is 11. The minimum absolute atomic E-state index is 0.662. The van der Waals surface area contributed by atoms with Crippen LogP contribution in [0.3, 0.4) is 0 Å². The van der Waals surface area contributed by atoms with Crippen molar-refractivity contribution in [3.05, 3.63) is 0 Å².